The molecule has 0 aliphatic rings. The largest absolute Gasteiger partial charge is 0.473 e. The average molecular weight is 251 g/mol. The molecule has 0 radical (unpaired) electrons. The number of esters is 1. The van der Waals surface area contributed by atoms with Crippen LogP contribution in [0.1, 0.15) is 18.9 Å². The summed E-state index contributed by atoms with van der Waals surface area (Å²) in [5.74, 6) is -2.85. The molecule has 18 heavy (non-hydrogen) atoms. The monoisotopic (exact) mass is 251 g/mol. The van der Waals surface area contributed by atoms with E-state index in [0.717, 1.165) is 5.56 Å². The second-order valence-corrected chi connectivity index (χ2v) is 4.09. The molecule has 5 heteroatoms. The van der Waals surface area contributed by atoms with Gasteiger partial charge in [0.15, 0.2) is 5.72 Å². The molecule has 1 aromatic carbocycles. The van der Waals surface area contributed by atoms with E-state index in [1.165, 1.54) is 0 Å². The maximum atomic E-state index is 11.3. The van der Waals surface area contributed by atoms with Crippen molar-refractivity contribution in [2.75, 3.05) is 14.1 Å². The SMILES string of the molecule is CCC(OC(=O)C(=O)O)(c1ccccc1)N(C)C. The Balaban J connectivity index is 3.18. The summed E-state index contributed by atoms with van der Waals surface area (Å²) in [5, 5.41) is 8.68. The Kier molecular flexibility index (Phi) is 4.44. The molecular weight excluding hydrogens is 234 g/mol. The molecule has 0 amide bonds. The van der Waals surface area contributed by atoms with Gasteiger partial charge < -0.3 is 9.84 Å². The molecule has 0 aliphatic carbocycles. The summed E-state index contributed by atoms with van der Waals surface area (Å²) in [4.78, 5) is 23.7. The van der Waals surface area contributed by atoms with Gasteiger partial charge in [-0.1, -0.05) is 37.3 Å². The lowest BCUT2D eigenvalue weighted by molar-refractivity contribution is -0.192. The molecule has 1 atom stereocenters. The van der Waals surface area contributed by atoms with Crippen molar-refractivity contribution in [3.63, 3.8) is 0 Å². The van der Waals surface area contributed by atoms with Gasteiger partial charge in [0.25, 0.3) is 0 Å². The Morgan fingerprint density at radius 1 is 1.28 bits per heavy atom. The molecule has 0 heterocycles. The smallest absolute Gasteiger partial charge is 0.419 e. The van der Waals surface area contributed by atoms with Gasteiger partial charge >= 0.3 is 11.9 Å². The van der Waals surface area contributed by atoms with E-state index in [4.69, 9.17) is 9.84 Å². The minimum Gasteiger partial charge on any atom is -0.473 e. The number of nitrogens with zero attached hydrogens (tertiary/aromatic N) is 1. The zero-order valence-corrected chi connectivity index (χ0v) is 10.7. The van der Waals surface area contributed by atoms with Crippen molar-refractivity contribution >= 4 is 11.9 Å². The van der Waals surface area contributed by atoms with Crippen LogP contribution in [0.5, 0.6) is 0 Å². The molecule has 0 aliphatic heterocycles. The Labute approximate surface area is 106 Å². The number of carboxylic acids is 1. The lowest BCUT2D eigenvalue weighted by atomic mass is 9.98. The van der Waals surface area contributed by atoms with Crippen LogP contribution in [0, 0.1) is 0 Å². The molecule has 1 aromatic rings. The number of hydrogen-bond donors (Lipinski definition) is 1. The number of aliphatic carboxylic acids is 1. The number of ether oxygens (including phenoxy) is 1. The average Bonchev–Trinajstić information content (AvgIpc) is 2.36. The molecule has 0 fully saturated rings. The predicted octanol–water partition coefficient (Wildman–Crippen LogP) is 1.44. The van der Waals surface area contributed by atoms with E-state index in [1.807, 2.05) is 25.1 Å². The zero-order valence-electron chi connectivity index (χ0n) is 10.7. The van der Waals surface area contributed by atoms with E-state index in [-0.39, 0.29) is 0 Å². The number of benzene rings is 1. The molecule has 1 unspecified atom stereocenters. The first kappa shape index (κ1) is 14.2. The van der Waals surface area contributed by atoms with Crippen LogP contribution < -0.4 is 0 Å². The number of carboxylic acid groups (broad SMARTS) is 1. The molecular formula is C13H17NO4. The van der Waals surface area contributed by atoms with Crippen LogP contribution in [0.3, 0.4) is 0 Å². The first-order valence-electron chi connectivity index (χ1n) is 5.63. The van der Waals surface area contributed by atoms with Gasteiger partial charge in [0.2, 0.25) is 0 Å². The van der Waals surface area contributed by atoms with Gasteiger partial charge in [0.1, 0.15) is 0 Å². The molecule has 0 saturated carbocycles. The second kappa shape index (κ2) is 5.64. The fraction of sp³-hybridized carbons (Fsp3) is 0.385. The molecule has 0 bridgehead atoms. The summed E-state index contributed by atoms with van der Waals surface area (Å²) < 4.78 is 5.18. The highest BCUT2D eigenvalue weighted by molar-refractivity contribution is 6.28. The maximum Gasteiger partial charge on any atom is 0.419 e. The summed E-state index contributed by atoms with van der Waals surface area (Å²) in [6.45, 7) is 1.84. The minimum absolute atomic E-state index is 0.447. The first-order chi connectivity index (χ1) is 8.44. The van der Waals surface area contributed by atoms with Gasteiger partial charge in [-0.15, -0.1) is 0 Å². The lowest BCUT2D eigenvalue weighted by Crippen LogP contribution is -2.46. The van der Waals surface area contributed by atoms with Crippen LogP contribution in [0.4, 0.5) is 0 Å². The van der Waals surface area contributed by atoms with Crippen molar-refractivity contribution < 1.29 is 19.4 Å². The van der Waals surface area contributed by atoms with Crippen LogP contribution in [0.25, 0.3) is 0 Å². The summed E-state index contributed by atoms with van der Waals surface area (Å²) in [6, 6.07) is 9.09. The molecule has 0 saturated heterocycles. The molecule has 5 nitrogen and oxygen atoms in total. The van der Waals surface area contributed by atoms with E-state index in [0.29, 0.717) is 6.42 Å². The Morgan fingerprint density at radius 3 is 2.22 bits per heavy atom. The topological polar surface area (TPSA) is 66.8 Å². The third-order valence-corrected chi connectivity index (χ3v) is 2.86. The van der Waals surface area contributed by atoms with Crippen molar-refractivity contribution in [3.05, 3.63) is 35.9 Å². The minimum atomic E-state index is -1.59. The third kappa shape index (κ3) is 2.68. The number of rotatable bonds is 4. The highest BCUT2D eigenvalue weighted by atomic mass is 16.6. The van der Waals surface area contributed by atoms with E-state index in [9.17, 15) is 9.59 Å². The fourth-order valence-corrected chi connectivity index (χ4v) is 1.90. The zero-order chi connectivity index (χ0) is 13.8. The molecule has 0 aromatic heterocycles. The maximum absolute atomic E-state index is 11.3. The Morgan fingerprint density at radius 2 is 1.83 bits per heavy atom. The quantitative estimate of drug-likeness (QED) is 0.498. The summed E-state index contributed by atoms with van der Waals surface area (Å²) >= 11 is 0. The van der Waals surface area contributed by atoms with E-state index < -0.39 is 17.7 Å². The van der Waals surface area contributed by atoms with E-state index in [2.05, 4.69) is 0 Å². The summed E-state index contributed by atoms with van der Waals surface area (Å²) in [6.07, 6.45) is 0.447. The van der Waals surface area contributed by atoms with Gasteiger partial charge in [0, 0.05) is 12.0 Å². The number of hydrogen-bond acceptors (Lipinski definition) is 4. The first-order valence-corrected chi connectivity index (χ1v) is 5.63. The molecule has 1 rings (SSSR count). The van der Waals surface area contributed by atoms with Gasteiger partial charge in [-0.05, 0) is 14.1 Å². The normalized spacial score (nSPS) is 14.0. The third-order valence-electron chi connectivity index (χ3n) is 2.86. The molecule has 1 N–H and O–H groups in total. The Bertz CT molecular complexity index is 430. The van der Waals surface area contributed by atoms with Crippen LogP contribution >= 0.6 is 0 Å². The predicted molar refractivity (Wildman–Crippen MR) is 65.8 cm³/mol. The Hall–Kier alpha value is -1.88. The summed E-state index contributed by atoms with van der Waals surface area (Å²) in [7, 11) is 3.48. The van der Waals surface area contributed by atoms with Crippen LogP contribution in [0.2, 0.25) is 0 Å². The lowest BCUT2D eigenvalue weighted by Gasteiger charge is -2.38. The van der Waals surface area contributed by atoms with Gasteiger partial charge in [-0.3, -0.25) is 4.90 Å². The van der Waals surface area contributed by atoms with E-state index in [1.54, 1.807) is 31.1 Å². The number of carbonyl (C=O) groups excluding carboxylic acids is 1. The summed E-state index contributed by atoms with van der Waals surface area (Å²) in [5.41, 5.74) is -0.316. The van der Waals surface area contributed by atoms with Crippen LogP contribution in [0.15, 0.2) is 30.3 Å². The van der Waals surface area contributed by atoms with Crippen molar-refractivity contribution in [2.24, 2.45) is 0 Å². The number of carbonyl (C=O) groups is 2. The van der Waals surface area contributed by atoms with Crippen molar-refractivity contribution in [3.8, 4) is 0 Å². The second-order valence-electron chi connectivity index (χ2n) is 4.09. The fourth-order valence-electron chi connectivity index (χ4n) is 1.90. The van der Waals surface area contributed by atoms with Crippen molar-refractivity contribution in [1.29, 1.82) is 0 Å². The van der Waals surface area contributed by atoms with Crippen molar-refractivity contribution in [2.45, 2.75) is 19.1 Å². The van der Waals surface area contributed by atoms with Gasteiger partial charge in [0.05, 0.1) is 0 Å². The van der Waals surface area contributed by atoms with Crippen LogP contribution in [-0.2, 0) is 20.1 Å². The van der Waals surface area contributed by atoms with Gasteiger partial charge in [-0.25, -0.2) is 9.59 Å². The van der Waals surface area contributed by atoms with Gasteiger partial charge in [-0.2, -0.15) is 0 Å². The highest BCUT2D eigenvalue weighted by Crippen LogP contribution is 2.31. The molecule has 98 valence electrons. The van der Waals surface area contributed by atoms with Crippen molar-refractivity contribution in [1.82, 2.24) is 4.90 Å². The highest BCUT2D eigenvalue weighted by Gasteiger charge is 2.38. The van der Waals surface area contributed by atoms with E-state index >= 15 is 0 Å². The molecule has 0 spiro atoms. The van der Waals surface area contributed by atoms with Crippen LogP contribution in [-0.4, -0.2) is 36.0 Å². The standard InChI is InChI=1S/C13H17NO4/c1-4-13(14(2)3,18-12(17)11(15)16)10-8-6-5-7-9-10/h5-9H,4H2,1-3H3,(H,15,16).